The standard InChI is InChI=1S/C12H18ClN3O3/c1-8(3-4-10(17)18)5-6-14-11-9(13)7-15-12(16-11)19-2/h7-8H,3-6H2,1-2H3,(H,17,18)(H,14,15,16). The summed E-state index contributed by atoms with van der Waals surface area (Å²) in [5.74, 6) is 0.0912. The van der Waals surface area contributed by atoms with Gasteiger partial charge in [-0.2, -0.15) is 4.98 Å². The van der Waals surface area contributed by atoms with Gasteiger partial charge in [-0.3, -0.25) is 4.79 Å². The molecule has 0 fully saturated rings. The summed E-state index contributed by atoms with van der Waals surface area (Å²) in [5, 5.41) is 12.1. The maximum atomic E-state index is 10.5. The fraction of sp³-hybridized carbons (Fsp3) is 0.583. The van der Waals surface area contributed by atoms with Crippen molar-refractivity contribution in [2.75, 3.05) is 19.0 Å². The van der Waals surface area contributed by atoms with E-state index in [1.807, 2.05) is 6.92 Å². The van der Waals surface area contributed by atoms with Crippen LogP contribution in [0, 0.1) is 5.92 Å². The zero-order valence-corrected chi connectivity index (χ0v) is 11.8. The van der Waals surface area contributed by atoms with Gasteiger partial charge in [0.2, 0.25) is 0 Å². The summed E-state index contributed by atoms with van der Waals surface area (Å²) in [7, 11) is 1.49. The van der Waals surface area contributed by atoms with Crippen LogP contribution in [0.4, 0.5) is 5.82 Å². The van der Waals surface area contributed by atoms with E-state index in [4.69, 9.17) is 21.4 Å². The summed E-state index contributed by atoms with van der Waals surface area (Å²) in [4.78, 5) is 18.4. The quantitative estimate of drug-likeness (QED) is 0.764. The van der Waals surface area contributed by atoms with Gasteiger partial charge in [0.1, 0.15) is 5.02 Å². The predicted molar refractivity (Wildman–Crippen MR) is 72.7 cm³/mol. The number of methoxy groups -OCH3 is 1. The van der Waals surface area contributed by atoms with Gasteiger partial charge in [-0.15, -0.1) is 0 Å². The molecule has 0 aliphatic carbocycles. The van der Waals surface area contributed by atoms with Crippen molar-refractivity contribution in [1.29, 1.82) is 0 Å². The van der Waals surface area contributed by atoms with Crippen LogP contribution in [-0.4, -0.2) is 34.7 Å². The van der Waals surface area contributed by atoms with Crippen molar-refractivity contribution >= 4 is 23.4 Å². The van der Waals surface area contributed by atoms with Crippen molar-refractivity contribution in [1.82, 2.24) is 9.97 Å². The maximum absolute atomic E-state index is 10.5. The molecule has 0 saturated heterocycles. The van der Waals surface area contributed by atoms with Gasteiger partial charge in [0.25, 0.3) is 0 Å². The number of aromatic nitrogens is 2. The van der Waals surface area contributed by atoms with E-state index >= 15 is 0 Å². The van der Waals surface area contributed by atoms with Gasteiger partial charge in [0.05, 0.1) is 13.3 Å². The first-order chi connectivity index (χ1) is 9.02. The van der Waals surface area contributed by atoms with E-state index in [2.05, 4.69) is 15.3 Å². The second-order valence-electron chi connectivity index (χ2n) is 4.31. The Morgan fingerprint density at radius 1 is 1.58 bits per heavy atom. The van der Waals surface area contributed by atoms with Gasteiger partial charge < -0.3 is 15.2 Å². The first kappa shape index (κ1) is 15.5. The lowest BCUT2D eigenvalue weighted by Crippen LogP contribution is -2.10. The highest BCUT2D eigenvalue weighted by atomic mass is 35.5. The first-order valence-electron chi connectivity index (χ1n) is 6.05. The van der Waals surface area contributed by atoms with Crippen LogP contribution in [0.2, 0.25) is 5.02 Å². The normalized spacial score (nSPS) is 11.9. The van der Waals surface area contributed by atoms with Crippen LogP contribution in [0.15, 0.2) is 6.20 Å². The number of nitrogens with one attached hydrogen (secondary N) is 1. The highest BCUT2D eigenvalue weighted by molar-refractivity contribution is 6.32. The maximum Gasteiger partial charge on any atom is 0.318 e. The zero-order valence-electron chi connectivity index (χ0n) is 11.0. The zero-order chi connectivity index (χ0) is 14.3. The molecule has 1 aromatic heterocycles. The number of halogens is 1. The minimum absolute atomic E-state index is 0.198. The van der Waals surface area contributed by atoms with E-state index in [1.165, 1.54) is 13.3 Å². The summed E-state index contributed by atoms with van der Waals surface area (Å²) >= 11 is 5.95. The number of nitrogens with zero attached hydrogens (tertiary/aromatic N) is 2. The highest BCUT2D eigenvalue weighted by Gasteiger charge is 2.08. The fourth-order valence-electron chi connectivity index (χ4n) is 1.52. The molecule has 0 radical (unpaired) electrons. The monoisotopic (exact) mass is 287 g/mol. The van der Waals surface area contributed by atoms with Crippen molar-refractivity contribution in [3.8, 4) is 6.01 Å². The van der Waals surface area contributed by atoms with Gasteiger partial charge in [0.15, 0.2) is 5.82 Å². The van der Waals surface area contributed by atoms with Crippen molar-refractivity contribution < 1.29 is 14.6 Å². The lowest BCUT2D eigenvalue weighted by atomic mass is 10.0. The van der Waals surface area contributed by atoms with Gasteiger partial charge in [-0.1, -0.05) is 18.5 Å². The molecule has 6 nitrogen and oxygen atoms in total. The Morgan fingerprint density at radius 2 is 2.32 bits per heavy atom. The smallest absolute Gasteiger partial charge is 0.318 e. The van der Waals surface area contributed by atoms with Crippen molar-refractivity contribution in [2.45, 2.75) is 26.2 Å². The first-order valence-corrected chi connectivity index (χ1v) is 6.43. The van der Waals surface area contributed by atoms with Crippen LogP contribution in [0.5, 0.6) is 6.01 Å². The molecule has 0 aliphatic rings. The second-order valence-corrected chi connectivity index (χ2v) is 4.71. The SMILES string of the molecule is COc1ncc(Cl)c(NCCC(C)CCC(=O)O)n1. The third-order valence-corrected chi connectivity index (χ3v) is 2.96. The Hall–Kier alpha value is -1.56. The largest absolute Gasteiger partial charge is 0.481 e. The van der Waals surface area contributed by atoms with E-state index in [1.54, 1.807) is 0 Å². The number of ether oxygens (including phenoxy) is 1. The minimum atomic E-state index is -0.761. The molecule has 1 aromatic rings. The molecule has 0 spiro atoms. The molecule has 1 unspecified atom stereocenters. The average Bonchev–Trinajstić information content (AvgIpc) is 2.38. The van der Waals surface area contributed by atoms with E-state index in [0.29, 0.717) is 29.7 Å². The van der Waals surface area contributed by atoms with Crippen LogP contribution in [0.25, 0.3) is 0 Å². The molecular formula is C12H18ClN3O3. The third kappa shape index (κ3) is 5.74. The van der Waals surface area contributed by atoms with Crippen molar-refractivity contribution in [3.63, 3.8) is 0 Å². The van der Waals surface area contributed by atoms with Gasteiger partial charge in [-0.05, 0) is 18.8 Å². The number of rotatable bonds is 8. The summed E-state index contributed by atoms with van der Waals surface area (Å²) in [6.45, 7) is 2.69. The Bertz CT molecular complexity index is 429. The molecule has 7 heteroatoms. The summed E-state index contributed by atoms with van der Waals surface area (Å²) < 4.78 is 4.92. The van der Waals surface area contributed by atoms with Crippen molar-refractivity contribution in [2.24, 2.45) is 5.92 Å². The summed E-state index contributed by atoms with van der Waals surface area (Å²) in [6, 6.07) is 0.255. The summed E-state index contributed by atoms with van der Waals surface area (Å²) in [6.07, 6.45) is 3.18. The number of carboxylic acids is 1. The molecule has 0 aliphatic heterocycles. The molecule has 0 bridgehead atoms. The van der Waals surface area contributed by atoms with E-state index in [9.17, 15) is 4.79 Å². The Labute approximate surface area is 117 Å². The van der Waals surface area contributed by atoms with Crippen LogP contribution in [-0.2, 0) is 4.79 Å². The molecule has 1 heterocycles. The van der Waals surface area contributed by atoms with Gasteiger partial charge in [0, 0.05) is 13.0 Å². The third-order valence-electron chi connectivity index (χ3n) is 2.69. The fourth-order valence-corrected chi connectivity index (χ4v) is 1.68. The van der Waals surface area contributed by atoms with Crippen LogP contribution < -0.4 is 10.1 Å². The second kappa shape index (κ2) is 7.78. The van der Waals surface area contributed by atoms with Gasteiger partial charge >= 0.3 is 12.0 Å². The molecule has 2 N–H and O–H groups in total. The van der Waals surface area contributed by atoms with E-state index in [-0.39, 0.29) is 12.4 Å². The van der Waals surface area contributed by atoms with E-state index in [0.717, 1.165) is 6.42 Å². The number of aliphatic carboxylic acids is 1. The Kier molecular flexibility index (Phi) is 6.35. The lowest BCUT2D eigenvalue weighted by Gasteiger charge is -2.12. The van der Waals surface area contributed by atoms with Crippen LogP contribution >= 0.6 is 11.6 Å². The Morgan fingerprint density at radius 3 is 2.95 bits per heavy atom. The number of hydrogen-bond acceptors (Lipinski definition) is 5. The molecular weight excluding hydrogens is 270 g/mol. The topological polar surface area (TPSA) is 84.3 Å². The number of hydrogen-bond donors (Lipinski definition) is 2. The molecule has 0 amide bonds. The lowest BCUT2D eigenvalue weighted by molar-refractivity contribution is -0.137. The molecule has 1 rings (SSSR count). The minimum Gasteiger partial charge on any atom is -0.481 e. The molecule has 19 heavy (non-hydrogen) atoms. The van der Waals surface area contributed by atoms with Gasteiger partial charge in [-0.25, -0.2) is 4.98 Å². The average molecular weight is 288 g/mol. The van der Waals surface area contributed by atoms with Crippen LogP contribution in [0.3, 0.4) is 0 Å². The highest BCUT2D eigenvalue weighted by Crippen LogP contribution is 2.20. The van der Waals surface area contributed by atoms with E-state index < -0.39 is 5.97 Å². The molecule has 1 atom stereocenters. The summed E-state index contributed by atoms with van der Waals surface area (Å²) in [5.41, 5.74) is 0. The number of carboxylic acid groups (broad SMARTS) is 1. The number of carbonyl (C=O) groups is 1. The van der Waals surface area contributed by atoms with Crippen LogP contribution in [0.1, 0.15) is 26.2 Å². The van der Waals surface area contributed by atoms with Crippen molar-refractivity contribution in [3.05, 3.63) is 11.2 Å². The number of anilines is 1. The predicted octanol–water partition coefficient (Wildman–Crippen LogP) is 2.44. The molecule has 0 aromatic carbocycles. The Balaban J connectivity index is 2.38. The molecule has 0 saturated carbocycles. The molecule has 106 valence electrons.